The Labute approximate surface area is 122 Å². The van der Waals surface area contributed by atoms with Crippen LogP contribution in [0.15, 0.2) is 24.3 Å². The van der Waals surface area contributed by atoms with Crippen molar-refractivity contribution >= 4 is 23.1 Å². The fourth-order valence-electron chi connectivity index (χ4n) is 1.52. The van der Waals surface area contributed by atoms with Crippen LogP contribution in [-0.2, 0) is 0 Å². The first-order chi connectivity index (χ1) is 9.92. The molecule has 0 unspecified atom stereocenters. The smallest absolute Gasteiger partial charge is 0.313 e. The van der Waals surface area contributed by atoms with Crippen LogP contribution in [0.1, 0.15) is 0 Å². The molecule has 110 valence electrons. The molecule has 0 aliphatic carbocycles. The van der Waals surface area contributed by atoms with Crippen molar-refractivity contribution in [2.45, 2.75) is 0 Å². The molecule has 0 saturated carbocycles. The second-order valence-electron chi connectivity index (χ2n) is 3.83. The number of nitro groups is 1. The topological polar surface area (TPSA) is 77.3 Å². The highest BCUT2D eigenvalue weighted by Gasteiger charge is 2.20. The Morgan fingerprint density at radius 1 is 1.33 bits per heavy atom. The second-order valence-corrected chi connectivity index (χ2v) is 4.26. The van der Waals surface area contributed by atoms with Gasteiger partial charge in [0.15, 0.2) is 17.5 Å². The third-order valence-corrected chi connectivity index (χ3v) is 2.69. The van der Waals surface area contributed by atoms with Gasteiger partial charge in [-0.25, -0.2) is 8.78 Å². The van der Waals surface area contributed by atoms with Gasteiger partial charge in [0.25, 0.3) is 5.88 Å². The van der Waals surface area contributed by atoms with E-state index in [1.54, 1.807) is 0 Å². The zero-order valence-corrected chi connectivity index (χ0v) is 11.3. The van der Waals surface area contributed by atoms with E-state index in [0.717, 1.165) is 6.07 Å². The molecule has 0 fully saturated rings. The molecule has 0 aliphatic rings. The minimum atomic E-state index is -1.09. The monoisotopic (exact) mass is 315 g/mol. The van der Waals surface area contributed by atoms with Crippen molar-refractivity contribution in [3.05, 3.63) is 51.0 Å². The number of hydrogen-bond acceptors (Lipinski definition) is 5. The van der Waals surface area contributed by atoms with Crippen LogP contribution < -0.4 is 10.1 Å². The molecule has 9 heteroatoms. The zero-order valence-electron chi connectivity index (χ0n) is 10.6. The molecular weight excluding hydrogens is 308 g/mol. The number of anilines is 1. The first kappa shape index (κ1) is 14.9. The molecule has 0 spiro atoms. The number of nitrogens with one attached hydrogen (secondary N) is 1. The van der Waals surface area contributed by atoms with Gasteiger partial charge in [-0.1, -0.05) is 11.6 Å². The van der Waals surface area contributed by atoms with E-state index in [-0.39, 0.29) is 16.6 Å². The number of aromatic nitrogens is 1. The maximum absolute atomic E-state index is 13.6. The highest BCUT2D eigenvalue weighted by molar-refractivity contribution is 6.30. The van der Waals surface area contributed by atoms with Gasteiger partial charge in [0.1, 0.15) is 0 Å². The Bertz CT molecular complexity index is 712. The first-order valence-corrected chi connectivity index (χ1v) is 5.95. The van der Waals surface area contributed by atoms with Crippen molar-refractivity contribution in [2.24, 2.45) is 0 Å². The van der Waals surface area contributed by atoms with Crippen LogP contribution in [0.3, 0.4) is 0 Å². The van der Waals surface area contributed by atoms with Gasteiger partial charge < -0.3 is 10.1 Å². The summed E-state index contributed by atoms with van der Waals surface area (Å²) in [6, 6.07) is 4.15. The highest BCUT2D eigenvalue weighted by atomic mass is 35.5. The summed E-state index contributed by atoms with van der Waals surface area (Å²) in [6.07, 6.45) is 0. The number of pyridine rings is 1. The van der Waals surface area contributed by atoms with Gasteiger partial charge in [-0.3, -0.25) is 10.1 Å². The van der Waals surface area contributed by atoms with E-state index in [1.165, 1.54) is 19.2 Å². The molecule has 0 atom stereocenters. The molecule has 0 aliphatic heterocycles. The van der Waals surface area contributed by atoms with Gasteiger partial charge in [-0.2, -0.15) is 4.98 Å². The van der Waals surface area contributed by atoms with Gasteiger partial charge in [0.05, 0.1) is 4.92 Å². The Morgan fingerprint density at radius 2 is 2.05 bits per heavy atom. The Kier molecular flexibility index (Phi) is 4.18. The van der Waals surface area contributed by atoms with Crippen molar-refractivity contribution in [2.75, 3.05) is 12.4 Å². The Balaban J connectivity index is 2.45. The predicted molar refractivity (Wildman–Crippen MR) is 71.9 cm³/mol. The third-order valence-electron chi connectivity index (χ3n) is 2.46. The summed E-state index contributed by atoms with van der Waals surface area (Å²) in [7, 11) is 1.39. The average Bonchev–Trinajstić information content (AvgIpc) is 2.43. The van der Waals surface area contributed by atoms with Crippen molar-refractivity contribution in [1.29, 1.82) is 0 Å². The predicted octanol–water partition coefficient (Wildman–Crippen LogP) is 3.76. The summed E-state index contributed by atoms with van der Waals surface area (Å²) in [5.41, 5.74) is -0.459. The maximum atomic E-state index is 13.6. The summed E-state index contributed by atoms with van der Waals surface area (Å²) < 4.78 is 32.0. The van der Waals surface area contributed by atoms with Crippen molar-refractivity contribution in [3.63, 3.8) is 0 Å². The van der Waals surface area contributed by atoms with Crippen LogP contribution in [-0.4, -0.2) is 17.0 Å². The fourth-order valence-corrected chi connectivity index (χ4v) is 1.69. The molecule has 0 bridgehead atoms. The fraction of sp³-hybridized carbons (Fsp3) is 0.0833. The number of nitro benzene ring substituents is 1. The van der Waals surface area contributed by atoms with Gasteiger partial charge >= 0.3 is 5.69 Å². The lowest BCUT2D eigenvalue weighted by Crippen LogP contribution is -2.02. The summed E-state index contributed by atoms with van der Waals surface area (Å²) in [5, 5.41) is 13.4. The van der Waals surface area contributed by atoms with Gasteiger partial charge in [0.2, 0.25) is 5.75 Å². The number of hydrogen-bond donors (Lipinski definition) is 1. The second kappa shape index (κ2) is 5.88. The quantitative estimate of drug-likeness (QED) is 0.686. The van der Waals surface area contributed by atoms with Crippen molar-refractivity contribution in [1.82, 2.24) is 4.98 Å². The van der Waals surface area contributed by atoms with Crippen LogP contribution in [0.4, 0.5) is 20.3 Å². The number of benzene rings is 1. The third kappa shape index (κ3) is 3.16. The van der Waals surface area contributed by atoms with Crippen molar-refractivity contribution in [3.8, 4) is 11.6 Å². The summed E-state index contributed by atoms with van der Waals surface area (Å²) >= 11 is 5.65. The molecule has 2 aromatic rings. The first-order valence-electron chi connectivity index (χ1n) is 5.58. The molecule has 1 aromatic heterocycles. The molecule has 0 radical (unpaired) electrons. The standard InChI is InChI=1S/C12H8ClF2N3O3/c1-16-11-7(14)5-8(15)12(17-11)21-10-3-2-6(13)4-9(10)18(19)20/h2-5H,1H3,(H,16,17). The lowest BCUT2D eigenvalue weighted by atomic mass is 10.3. The Hall–Kier alpha value is -2.48. The zero-order chi connectivity index (χ0) is 15.6. The van der Waals surface area contributed by atoms with E-state index in [1.807, 2.05) is 0 Å². The molecule has 0 saturated heterocycles. The molecule has 1 heterocycles. The van der Waals surface area contributed by atoms with Gasteiger partial charge in [0, 0.05) is 24.2 Å². The Morgan fingerprint density at radius 3 is 2.67 bits per heavy atom. The van der Waals surface area contributed by atoms with Crippen LogP contribution >= 0.6 is 11.6 Å². The van der Waals surface area contributed by atoms with Crippen LogP contribution in [0.2, 0.25) is 5.02 Å². The summed E-state index contributed by atoms with van der Waals surface area (Å²) in [5.74, 6) is -3.10. The van der Waals surface area contributed by atoms with Crippen molar-refractivity contribution < 1.29 is 18.4 Å². The SMILES string of the molecule is CNc1nc(Oc2ccc(Cl)cc2[N+](=O)[O-])c(F)cc1F. The van der Waals surface area contributed by atoms with E-state index in [0.29, 0.717) is 6.07 Å². The number of nitrogens with zero attached hydrogens (tertiary/aromatic N) is 2. The summed E-state index contributed by atoms with van der Waals surface area (Å²) in [6.45, 7) is 0. The lowest BCUT2D eigenvalue weighted by molar-refractivity contribution is -0.385. The van der Waals surface area contributed by atoms with E-state index in [2.05, 4.69) is 10.3 Å². The van der Waals surface area contributed by atoms with Gasteiger partial charge in [-0.15, -0.1) is 0 Å². The summed E-state index contributed by atoms with van der Waals surface area (Å²) in [4.78, 5) is 13.7. The molecule has 6 nitrogen and oxygen atoms in total. The lowest BCUT2D eigenvalue weighted by Gasteiger charge is -2.09. The highest BCUT2D eigenvalue weighted by Crippen LogP contribution is 2.34. The molecule has 1 aromatic carbocycles. The van der Waals surface area contributed by atoms with E-state index >= 15 is 0 Å². The van der Waals surface area contributed by atoms with E-state index < -0.39 is 28.1 Å². The maximum Gasteiger partial charge on any atom is 0.313 e. The van der Waals surface area contributed by atoms with E-state index in [4.69, 9.17) is 16.3 Å². The normalized spacial score (nSPS) is 10.3. The molecular formula is C12H8ClF2N3O3. The minimum absolute atomic E-state index is 0.123. The van der Waals surface area contributed by atoms with Crippen LogP contribution in [0, 0.1) is 21.7 Å². The molecule has 21 heavy (non-hydrogen) atoms. The van der Waals surface area contributed by atoms with E-state index in [9.17, 15) is 18.9 Å². The largest absolute Gasteiger partial charge is 0.429 e. The average molecular weight is 316 g/mol. The van der Waals surface area contributed by atoms with Crippen LogP contribution in [0.25, 0.3) is 0 Å². The minimum Gasteiger partial charge on any atom is -0.429 e. The van der Waals surface area contributed by atoms with Crippen LogP contribution in [0.5, 0.6) is 11.6 Å². The molecule has 1 N–H and O–H groups in total. The number of halogens is 3. The molecule has 2 rings (SSSR count). The van der Waals surface area contributed by atoms with Gasteiger partial charge in [-0.05, 0) is 12.1 Å². The molecule has 0 amide bonds. The number of rotatable bonds is 4. The number of ether oxygens (including phenoxy) is 1.